The topological polar surface area (TPSA) is 84.5 Å². The number of hydrogen-bond donors (Lipinski definition) is 2. The van der Waals surface area contributed by atoms with Crippen LogP contribution in [0.25, 0.3) is 0 Å². The maximum Gasteiger partial charge on any atom is 0.251 e. The van der Waals surface area contributed by atoms with Gasteiger partial charge in [0.2, 0.25) is 10.0 Å². The van der Waals surface area contributed by atoms with Crippen LogP contribution in [0.5, 0.6) is 0 Å². The molecule has 1 aliphatic heterocycles. The summed E-state index contributed by atoms with van der Waals surface area (Å²) in [5.41, 5.74) is 1.25. The molecule has 2 aromatic carbocycles. The minimum absolute atomic E-state index is 0.135. The average Bonchev–Trinajstić information content (AvgIpc) is 2.73. The minimum Gasteiger partial charge on any atom is -0.381 e. The highest BCUT2D eigenvalue weighted by molar-refractivity contribution is 7.89. The second-order valence-corrected chi connectivity index (χ2v) is 9.31. The van der Waals surface area contributed by atoms with Crippen molar-refractivity contribution in [1.82, 2.24) is 10.0 Å². The molecule has 8 heteroatoms. The van der Waals surface area contributed by atoms with E-state index in [1.165, 1.54) is 24.3 Å². The molecule has 2 aromatic rings. The highest BCUT2D eigenvalue weighted by Gasteiger charge is 2.35. The van der Waals surface area contributed by atoms with E-state index in [4.69, 9.17) is 16.3 Å². The van der Waals surface area contributed by atoms with Gasteiger partial charge in [0.15, 0.2) is 0 Å². The molecule has 156 valence electrons. The number of halogens is 1. The molecule has 1 aliphatic rings. The maximum atomic E-state index is 12.7. The molecule has 1 fully saturated rings. The molecule has 1 heterocycles. The van der Waals surface area contributed by atoms with Crippen molar-refractivity contribution < 1.29 is 17.9 Å². The zero-order valence-electron chi connectivity index (χ0n) is 16.3. The monoisotopic (exact) mass is 436 g/mol. The predicted molar refractivity (Wildman–Crippen MR) is 113 cm³/mol. The summed E-state index contributed by atoms with van der Waals surface area (Å²) in [6, 6.07) is 13.6. The van der Waals surface area contributed by atoms with Gasteiger partial charge in [-0.3, -0.25) is 4.79 Å². The number of amides is 1. The molecule has 0 aromatic heterocycles. The Balaban J connectivity index is 1.74. The first-order valence-electron chi connectivity index (χ1n) is 9.58. The lowest BCUT2D eigenvalue weighted by Crippen LogP contribution is -2.44. The zero-order chi connectivity index (χ0) is 20.9. The number of nitrogens with one attached hydrogen (secondary N) is 2. The van der Waals surface area contributed by atoms with E-state index < -0.39 is 10.0 Å². The normalized spacial score (nSPS) is 16.3. The molecule has 0 saturated carbocycles. The lowest BCUT2D eigenvalue weighted by Gasteiger charge is -2.38. The van der Waals surface area contributed by atoms with Crippen LogP contribution >= 0.6 is 11.6 Å². The first-order valence-corrected chi connectivity index (χ1v) is 11.4. The summed E-state index contributed by atoms with van der Waals surface area (Å²) in [5, 5.41) is 3.67. The van der Waals surface area contributed by atoms with Crippen molar-refractivity contribution in [2.75, 3.05) is 26.3 Å². The van der Waals surface area contributed by atoms with E-state index in [2.05, 4.69) is 10.0 Å². The van der Waals surface area contributed by atoms with E-state index in [1.807, 2.05) is 24.3 Å². The molecule has 0 radical (unpaired) electrons. The Hall–Kier alpha value is -1.93. The van der Waals surface area contributed by atoms with Gasteiger partial charge in [-0.25, -0.2) is 13.1 Å². The summed E-state index contributed by atoms with van der Waals surface area (Å²) in [5.74, 6) is -0.245. The fourth-order valence-corrected chi connectivity index (χ4v) is 4.79. The Morgan fingerprint density at radius 1 is 1.14 bits per heavy atom. The molecule has 1 amide bonds. The van der Waals surface area contributed by atoms with Crippen molar-refractivity contribution in [1.29, 1.82) is 0 Å². The third-order valence-corrected chi connectivity index (χ3v) is 7.03. The summed E-state index contributed by atoms with van der Waals surface area (Å²) in [6.45, 7) is 3.72. The number of rotatable bonds is 7. The fourth-order valence-electron chi connectivity index (χ4n) is 3.56. The predicted octanol–water partition coefficient (Wildman–Crippen LogP) is 3.12. The molecule has 2 N–H and O–H groups in total. The Bertz CT molecular complexity index is 955. The van der Waals surface area contributed by atoms with Gasteiger partial charge < -0.3 is 10.1 Å². The van der Waals surface area contributed by atoms with Gasteiger partial charge in [0, 0.05) is 42.3 Å². The zero-order valence-corrected chi connectivity index (χ0v) is 17.9. The fraction of sp³-hybridized carbons (Fsp3) is 0.381. The van der Waals surface area contributed by atoms with Crippen molar-refractivity contribution in [2.45, 2.75) is 30.1 Å². The third-order valence-electron chi connectivity index (χ3n) is 5.24. The average molecular weight is 437 g/mol. The third kappa shape index (κ3) is 5.17. The summed E-state index contributed by atoms with van der Waals surface area (Å²) in [4.78, 5) is 12.8. The smallest absolute Gasteiger partial charge is 0.251 e. The highest BCUT2D eigenvalue weighted by atomic mass is 35.5. The molecule has 0 spiro atoms. The van der Waals surface area contributed by atoms with Gasteiger partial charge in [-0.2, -0.15) is 0 Å². The van der Waals surface area contributed by atoms with Crippen molar-refractivity contribution in [2.24, 2.45) is 0 Å². The Labute approximate surface area is 176 Å². The Kier molecular flexibility index (Phi) is 6.95. The SMILES string of the molecule is CCNS(=O)(=O)c1ccc(C(=O)NCC2(c3cccc(Cl)c3)CCOCC2)cc1. The van der Waals surface area contributed by atoms with Crippen LogP contribution in [0.3, 0.4) is 0 Å². The molecule has 3 rings (SSSR count). The quantitative estimate of drug-likeness (QED) is 0.698. The van der Waals surface area contributed by atoms with Crippen molar-refractivity contribution in [3.63, 3.8) is 0 Å². The first kappa shape index (κ1) is 21.8. The van der Waals surface area contributed by atoms with E-state index in [-0.39, 0.29) is 16.2 Å². The summed E-state index contributed by atoms with van der Waals surface area (Å²) < 4.78 is 32.0. The number of carbonyl (C=O) groups is 1. The summed E-state index contributed by atoms with van der Waals surface area (Å²) in [7, 11) is -3.54. The van der Waals surface area contributed by atoms with Gasteiger partial charge in [-0.15, -0.1) is 0 Å². The molecule has 0 aliphatic carbocycles. The van der Waals surface area contributed by atoms with Crippen LogP contribution in [0, 0.1) is 0 Å². The first-order chi connectivity index (χ1) is 13.9. The van der Waals surface area contributed by atoms with Gasteiger partial charge in [0.05, 0.1) is 4.90 Å². The van der Waals surface area contributed by atoms with E-state index in [9.17, 15) is 13.2 Å². The summed E-state index contributed by atoms with van der Waals surface area (Å²) >= 11 is 6.19. The van der Waals surface area contributed by atoms with Crippen LogP contribution in [0.15, 0.2) is 53.4 Å². The van der Waals surface area contributed by atoms with Crippen LogP contribution in [0.4, 0.5) is 0 Å². The number of ether oxygens (including phenoxy) is 1. The van der Waals surface area contributed by atoms with Crippen molar-refractivity contribution >= 4 is 27.5 Å². The van der Waals surface area contributed by atoms with Crippen molar-refractivity contribution in [3.8, 4) is 0 Å². The van der Waals surface area contributed by atoms with Crippen LogP contribution in [0.1, 0.15) is 35.7 Å². The van der Waals surface area contributed by atoms with Gasteiger partial charge >= 0.3 is 0 Å². The van der Waals surface area contributed by atoms with E-state index in [1.54, 1.807) is 6.92 Å². The largest absolute Gasteiger partial charge is 0.381 e. The second-order valence-electron chi connectivity index (χ2n) is 7.11. The van der Waals surface area contributed by atoms with Crippen LogP contribution in [-0.4, -0.2) is 40.6 Å². The molecule has 0 bridgehead atoms. The van der Waals surface area contributed by atoms with Gasteiger partial charge in [0.25, 0.3) is 5.91 Å². The van der Waals surface area contributed by atoms with Gasteiger partial charge in [-0.1, -0.05) is 30.7 Å². The summed E-state index contributed by atoms with van der Waals surface area (Å²) in [6.07, 6.45) is 1.57. The molecular weight excluding hydrogens is 412 g/mol. The van der Waals surface area contributed by atoms with Crippen LogP contribution in [0.2, 0.25) is 5.02 Å². The van der Waals surface area contributed by atoms with Crippen LogP contribution < -0.4 is 10.0 Å². The molecule has 1 saturated heterocycles. The number of benzene rings is 2. The van der Waals surface area contributed by atoms with Gasteiger partial charge in [-0.05, 0) is 54.8 Å². The molecule has 29 heavy (non-hydrogen) atoms. The molecular formula is C21H25ClN2O4S. The minimum atomic E-state index is -3.54. The van der Waals surface area contributed by atoms with Gasteiger partial charge in [0.1, 0.15) is 0 Å². The van der Waals surface area contributed by atoms with Crippen molar-refractivity contribution in [3.05, 3.63) is 64.7 Å². The Morgan fingerprint density at radius 2 is 1.83 bits per heavy atom. The number of hydrogen-bond acceptors (Lipinski definition) is 4. The molecule has 6 nitrogen and oxygen atoms in total. The lowest BCUT2D eigenvalue weighted by atomic mass is 9.74. The van der Waals surface area contributed by atoms with E-state index in [0.717, 1.165) is 18.4 Å². The van der Waals surface area contributed by atoms with E-state index >= 15 is 0 Å². The highest BCUT2D eigenvalue weighted by Crippen LogP contribution is 2.35. The standard InChI is InChI=1S/C21H25ClN2O4S/c1-2-24-29(26,27)19-8-6-16(7-9-19)20(25)23-15-21(10-12-28-13-11-21)17-4-3-5-18(22)14-17/h3-9,14,24H,2,10-13,15H2,1H3,(H,23,25). The maximum absolute atomic E-state index is 12.7. The number of carbonyl (C=O) groups excluding carboxylic acids is 1. The second kappa shape index (κ2) is 9.26. The molecule has 0 unspecified atom stereocenters. The van der Waals surface area contributed by atoms with E-state index in [0.29, 0.717) is 36.9 Å². The number of sulfonamides is 1. The molecule has 0 atom stereocenters. The lowest BCUT2D eigenvalue weighted by molar-refractivity contribution is 0.0487. The Morgan fingerprint density at radius 3 is 2.45 bits per heavy atom. The van der Waals surface area contributed by atoms with Crippen LogP contribution in [-0.2, 0) is 20.2 Å².